The number of hydrogen-bond acceptors (Lipinski definition) is 2. The first-order valence-electron chi connectivity index (χ1n) is 24.8. The van der Waals surface area contributed by atoms with Gasteiger partial charge >= 0.3 is 0 Å². The summed E-state index contributed by atoms with van der Waals surface area (Å²) in [6, 6.07) is 17.8. The molecule has 0 aliphatic heterocycles. The molecule has 2 aromatic carbocycles. The van der Waals surface area contributed by atoms with Gasteiger partial charge in [0.05, 0.1) is 22.8 Å². The zero-order valence-electron chi connectivity index (χ0n) is 38.5. The van der Waals surface area contributed by atoms with Crippen LogP contribution in [0.5, 0.6) is 0 Å². The molecule has 0 unspecified atom stereocenters. The second-order valence-electron chi connectivity index (χ2n) is 16.9. The normalized spacial score (nSPS) is 12.3. The van der Waals surface area contributed by atoms with Crippen LogP contribution < -0.4 is 0 Å². The molecule has 330 valence electrons. The Bertz CT molecular complexity index is 1340. The number of allylic oxidation sites excluding steroid dienone is 4. The minimum absolute atomic E-state index is 0. The van der Waals surface area contributed by atoms with E-state index >= 15 is 0 Å². The Morgan fingerprint density at radius 3 is 1.07 bits per heavy atom. The summed E-state index contributed by atoms with van der Waals surface area (Å²) in [5.74, 6) is 0. The molecule has 2 nitrogen and oxygen atoms in total. The first-order valence-corrected chi connectivity index (χ1v) is 24.8. The van der Waals surface area contributed by atoms with E-state index in [0.29, 0.717) is 0 Å². The molecule has 0 atom stereocenters. The first kappa shape index (κ1) is 53.8. The van der Waals surface area contributed by atoms with Crippen LogP contribution in [0.15, 0.2) is 82.8 Å². The molecule has 0 radical (unpaired) electrons. The van der Waals surface area contributed by atoms with Crippen molar-refractivity contribution in [1.29, 1.82) is 0 Å². The van der Waals surface area contributed by atoms with Gasteiger partial charge < -0.3 is 0 Å². The number of rotatable bonds is 38. The van der Waals surface area contributed by atoms with Crippen molar-refractivity contribution in [2.24, 2.45) is 9.98 Å². The zero-order chi connectivity index (χ0) is 40.7. The maximum atomic E-state index is 5.49. The Hall–Kier alpha value is -2.25. The summed E-state index contributed by atoms with van der Waals surface area (Å²) in [6.45, 7) is 9.19. The van der Waals surface area contributed by atoms with Crippen molar-refractivity contribution in [1.82, 2.24) is 0 Å². The predicted octanol–water partition coefficient (Wildman–Crippen LogP) is 18.9. The molecule has 3 heteroatoms. The second-order valence-corrected chi connectivity index (χ2v) is 16.9. The van der Waals surface area contributed by atoms with Gasteiger partial charge in [0.25, 0.3) is 0 Å². The van der Waals surface area contributed by atoms with Crippen LogP contribution in [-0.4, -0.2) is 11.4 Å². The third kappa shape index (κ3) is 28.3. The van der Waals surface area contributed by atoms with Gasteiger partial charge in [-0.3, -0.25) is 9.98 Å². The van der Waals surface area contributed by atoms with E-state index in [0.717, 1.165) is 62.7 Å². The van der Waals surface area contributed by atoms with E-state index < -0.39 is 0 Å². The molecular formula is C55H90N2Ni. The van der Waals surface area contributed by atoms with E-state index in [1.807, 2.05) is 0 Å². The van der Waals surface area contributed by atoms with Crippen molar-refractivity contribution < 1.29 is 16.5 Å². The number of aryl methyl sites for hydroxylation is 2. The van der Waals surface area contributed by atoms with Gasteiger partial charge in [0, 0.05) is 16.5 Å². The van der Waals surface area contributed by atoms with Crippen LogP contribution in [0, 0.1) is 0 Å². The third-order valence-electron chi connectivity index (χ3n) is 11.5. The summed E-state index contributed by atoms with van der Waals surface area (Å²) in [7, 11) is 0. The molecule has 0 spiro atoms. The molecule has 0 aromatic heterocycles. The summed E-state index contributed by atoms with van der Waals surface area (Å²) < 4.78 is 0. The standard InChI is InChI=1S/C55H90N2.Ni/c1-5-9-13-15-17-19-21-23-25-27-29-31-33-36-42-50-44-38-40-47-52(50)56-54(46-12-8-4)55(49-35-11-7-3)57-53-48-41-39-45-51(53)43-37-34-32-30-28-26-24-22-20-18-16-14-10-6-2;/h29-32,38-41,44-45,47-48H,5-28,33-37,42-43,46,49H2,1-4H3;/b31-29+,32-30+,56-54-,57-55+;. The van der Waals surface area contributed by atoms with Crippen molar-refractivity contribution in [2.75, 3.05) is 0 Å². The Morgan fingerprint density at radius 1 is 0.362 bits per heavy atom. The van der Waals surface area contributed by atoms with Gasteiger partial charge in [-0.1, -0.05) is 210 Å². The number of aliphatic imine (C=N–C) groups is 2. The van der Waals surface area contributed by atoms with Gasteiger partial charge in [-0.05, 0) is 113 Å². The van der Waals surface area contributed by atoms with E-state index in [9.17, 15) is 0 Å². The predicted molar refractivity (Wildman–Crippen MR) is 259 cm³/mol. The molecule has 2 rings (SSSR count). The average molecular weight is 838 g/mol. The van der Waals surface area contributed by atoms with Crippen molar-refractivity contribution in [3.63, 3.8) is 0 Å². The van der Waals surface area contributed by atoms with E-state index in [2.05, 4.69) is 101 Å². The Kier molecular flexibility index (Phi) is 37.2. The molecule has 0 amide bonds. The smallest absolute Gasteiger partial charge is 0.0665 e. The number of para-hydroxylation sites is 2. The van der Waals surface area contributed by atoms with E-state index in [-0.39, 0.29) is 16.5 Å². The topological polar surface area (TPSA) is 24.7 Å². The summed E-state index contributed by atoms with van der Waals surface area (Å²) in [5, 5.41) is 0. The van der Waals surface area contributed by atoms with Gasteiger partial charge in [0.1, 0.15) is 0 Å². The fourth-order valence-electron chi connectivity index (χ4n) is 7.81. The molecule has 0 fully saturated rings. The summed E-state index contributed by atoms with van der Waals surface area (Å²) in [6.07, 6.45) is 52.1. The van der Waals surface area contributed by atoms with E-state index in [1.54, 1.807) is 0 Å². The Morgan fingerprint density at radius 2 is 0.672 bits per heavy atom. The summed E-state index contributed by atoms with van der Waals surface area (Å²) in [5.41, 5.74) is 7.45. The van der Waals surface area contributed by atoms with Gasteiger partial charge in [-0.15, -0.1) is 0 Å². The molecule has 0 saturated heterocycles. The minimum atomic E-state index is 0. The van der Waals surface area contributed by atoms with Gasteiger partial charge in [-0.25, -0.2) is 0 Å². The van der Waals surface area contributed by atoms with Crippen molar-refractivity contribution in [2.45, 2.75) is 240 Å². The molecule has 0 N–H and O–H groups in total. The van der Waals surface area contributed by atoms with Crippen LogP contribution in [0.1, 0.15) is 238 Å². The average Bonchev–Trinajstić information content (AvgIpc) is 3.23. The van der Waals surface area contributed by atoms with Gasteiger partial charge in [0.15, 0.2) is 0 Å². The fourth-order valence-corrected chi connectivity index (χ4v) is 7.81. The van der Waals surface area contributed by atoms with Crippen LogP contribution in [0.3, 0.4) is 0 Å². The molecular weight excluding hydrogens is 747 g/mol. The second kappa shape index (κ2) is 40.2. The Balaban J connectivity index is 0.0000168. The molecule has 0 aliphatic carbocycles. The fraction of sp³-hybridized carbons (Fsp3) is 0.673. The largest absolute Gasteiger partial charge is 0.251 e. The quantitative estimate of drug-likeness (QED) is 0.0279. The van der Waals surface area contributed by atoms with Crippen molar-refractivity contribution >= 4 is 22.8 Å². The van der Waals surface area contributed by atoms with E-state index in [4.69, 9.17) is 9.98 Å². The van der Waals surface area contributed by atoms with Crippen LogP contribution in [0.4, 0.5) is 11.4 Å². The zero-order valence-corrected chi connectivity index (χ0v) is 39.5. The maximum absolute atomic E-state index is 5.49. The van der Waals surface area contributed by atoms with Crippen LogP contribution >= 0.6 is 0 Å². The molecule has 0 aliphatic rings. The number of unbranched alkanes of at least 4 members (excludes halogenated alkanes) is 23. The first-order chi connectivity index (χ1) is 28.2. The van der Waals surface area contributed by atoms with Crippen LogP contribution in [0.2, 0.25) is 0 Å². The van der Waals surface area contributed by atoms with Crippen LogP contribution in [0.25, 0.3) is 0 Å². The van der Waals surface area contributed by atoms with Crippen molar-refractivity contribution in [3.8, 4) is 0 Å². The number of benzene rings is 2. The third-order valence-corrected chi connectivity index (χ3v) is 11.5. The van der Waals surface area contributed by atoms with Gasteiger partial charge in [-0.2, -0.15) is 0 Å². The van der Waals surface area contributed by atoms with E-state index in [1.165, 1.54) is 183 Å². The molecule has 2 aromatic rings. The summed E-state index contributed by atoms with van der Waals surface area (Å²) >= 11 is 0. The molecule has 0 heterocycles. The SMILES string of the molecule is CCCCCCCCCCC/C=C/CCCc1ccccc1/N=C(CCCC)\C(CCCCC)=N\c1ccccc1CCC/C=C/CCCCCCCCCCC.[Ni]. The number of hydrogen-bond donors (Lipinski definition) is 0. The molecule has 0 bridgehead atoms. The van der Waals surface area contributed by atoms with Crippen molar-refractivity contribution in [3.05, 3.63) is 84.0 Å². The summed E-state index contributed by atoms with van der Waals surface area (Å²) in [4.78, 5) is 11.0. The van der Waals surface area contributed by atoms with Crippen LogP contribution in [-0.2, 0) is 29.3 Å². The Labute approximate surface area is 371 Å². The molecule has 58 heavy (non-hydrogen) atoms. The minimum Gasteiger partial charge on any atom is -0.251 e. The van der Waals surface area contributed by atoms with Gasteiger partial charge in [0.2, 0.25) is 0 Å². The maximum Gasteiger partial charge on any atom is 0.0665 e. The number of nitrogens with zero attached hydrogens (tertiary/aromatic N) is 2. The molecule has 0 saturated carbocycles. The monoisotopic (exact) mass is 837 g/mol.